The lowest BCUT2D eigenvalue weighted by molar-refractivity contribution is 0.107. The quantitative estimate of drug-likeness (QED) is 0.780. The highest BCUT2D eigenvalue weighted by molar-refractivity contribution is 5.17. The monoisotopic (exact) mass is 265 g/mol. The first-order valence-electron chi connectivity index (χ1n) is 7.51. The largest absolute Gasteiger partial charge is 0.464 e. The molecule has 1 aliphatic carbocycles. The number of hydrogen-bond acceptors (Lipinski definition) is 3. The molecular weight excluding hydrogens is 238 g/mol. The maximum atomic E-state index is 5.91. The van der Waals surface area contributed by atoms with Gasteiger partial charge in [0, 0.05) is 18.6 Å². The van der Waals surface area contributed by atoms with Gasteiger partial charge in [0.05, 0.1) is 13.2 Å². The average Bonchev–Trinajstić information content (AvgIpc) is 2.91. The molecule has 0 radical (unpaired) electrons. The molecule has 1 N–H and O–H groups in total. The first-order valence-corrected chi connectivity index (χ1v) is 7.51. The predicted molar refractivity (Wildman–Crippen MR) is 77.2 cm³/mol. The Morgan fingerprint density at radius 2 is 2.16 bits per heavy atom. The fourth-order valence-corrected chi connectivity index (χ4v) is 2.37. The molecule has 3 atom stereocenters. The van der Waals surface area contributed by atoms with Gasteiger partial charge >= 0.3 is 0 Å². The summed E-state index contributed by atoms with van der Waals surface area (Å²) in [5.41, 5.74) is 0. The van der Waals surface area contributed by atoms with Crippen molar-refractivity contribution in [2.45, 2.75) is 52.6 Å². The lowest BCUT2D eigenvalue weighted by atomic mass is 10.1. The molecule has 1 fully saturated rings. The van der Waals surface area contributed by atoms with E-state index in [-0.39, 0.29) is 0 Å². The highest BCUT2D eigenvalue weighted by Crippen LogP contribution is 2.47. The van der Waals surface area contributed by atoms with Crippen LogP contribution in [0.25, 0.3) is 0 Å². The van der Waals surface area contributed by atoms with Gasteiger partial charge in [0.1, 0.15) is 11.5 Å². The minimum absolute atomic E-state index is 0.383. The third kappa shape index (κ3) is 4.08. The summed E-state index contributed by atoms with van der Waals surface area (Å²) < 4.78 is 11.4. The van der Waals surface area contributed by atoms with Crippen LogP contribution in [0.15, 0.2) is 16.5 Å². The molecule has 0 saturated heterocycles. The molecule has 0 bridgehead atoms. The predicted octanol–water partition coefficient (Wildman–Crippen LogP) is 3.55. The molecule has 2 rings (SSSR count). The van der Waals surface area contributed by atoms with Gasteiger partial charge in [-0.3, -0.25) is 0 Å². The van der Waals surface area contributed by atoms with E-state index in [1.54, 1.807) is 0 Å². The number of nitrogens with one attached hydrogen (secondary N) is 1. The Morgan fingerprint density at radius 1 is 1.42 bits per heavy atom. The molecule has 0 spiro atoms. The summed E-state index contributed by atoms with van der Waals surface area (Å²) in [6.45, 7) is 11.1. The third-order valence-corrected chi connectivity index (χ3v) is 4.00. The van der Waals surface area contributed by atoms with E-state index in [9.17, 15) is 0 Å². The van der Waals surface area contributed by atoms with Gasteiger partial charge in [-0.25, -0.2) is 0 Å². The second kappa shape index (κ2) is 6.58. The van der Waals surface area contributed by atoms with Crippen molar-refractivity contribution in [2.75, 3.05) is 13.2 Å². The van der Waals surface area contributed by atoms with Crippen LogP contribution in [-0.2, 0) is 11.3 Å². The van der Waals surface area contributed by atoms with Crippen LogP contribution in [0.1, 0.15) is 51.6 Å². The van der Waals surface area contributed by atoms with Crippen LogP contribution >= 0.6 is 0 Å². The fraction of sp³-hybridized carbons (Fsp3) is 0.750. The van der Waals surface area contributed by atoms with Crippen LogP contribution < -0.4 is 5.32 Å². The van der Waals surface area contributed by atoms with Crippen LogP contribution in [0.3, 0.4) is 0 Å². The molecule has 3 unspecified atom stereocenters. The molecule has 19 heavy (non-hydrogen) atoms. The van der Waals surface area contributed by atoms with E-state index in [1.165, 1.54) is 6.42 Å². The molecule has 1 saturated carbocycles. The molecule has 0 aromatic carbocycles. The number of furan rings is 1. The first-order chi connectivity index (χ1) is 9.11. The van der Waals surface area contributed by atoms with Crippen molar-refractivity contribution < 1.29 is 9.15 Å². The molecule has 1 aromatic heterocycles. The van der Waals surface area contributed by atoms with Gasteiger partial charge in [-0.2, -0.15) is 0 Å². The molecule has 0 aliphatic heterocycles. The standard InChI is InChI=1S/C16H27NO2/c1-5-18-10-15(11(2)3)17-9-13-6-7-16(19-13)14-8-12(14)4/h6-7,11-12,14-15,17H,5,8-10H2,1-4H3. The van der Waals surface area contributed by atoms with Crippen molar-refractivity contribution in [1.29, 1.82) is 0 Å². The number of ether oxygens (including phenoxy) is 1. The van der Waals surface area contributed by atoms with Gasteiger partial charge in [0.15, 0.2) is 0 Å². The van der Waals surface area contributed by atoms with Crippen molar-refractivity contribution in [1.82, 2.24) is 5.32 Å². The zero-order chi connectivity index (χ0) is 13.8. The maximum Gasteiger partial charge on any atom is 0.117 e. The summed E-state index contributed by atoms with van der Waals surface area (Å²) in [5.74, 6) is 4.22. The zero-order valence-electron chi connectivity index (χ0n) is 12.6. The number of rotatable bonds is 8. The van der Waals surface area contributed by atoms with Crippen LogP contribution in [0.5, 0.6) is 0 Å². The lowest BCUT2D eigenvalue weighted by Gasteiger charge is -2.21. The summed E-state index contributed by atoms with van der Waals surface area (Å²) in [7, 11) is 0. The smallest absolute Gasteiger partial charge is 0.117 e. The second-order valence-corrected chi connectivity index (χ2v) is 6.01. The molecule has 0 amide bonds. The summed E-state index contributed by atoms with van der Waals surface area (Å²) >= 11 is 0. The van der Waals surface area contributed by atoms with E-state index >= 15 is 0 Å². The van der Waals surface area contributed by atoms with E-state index in [4.69, 9.17) is 9.15 Å². The summed E-state index contributed by atoms with van der Waals surface area (Å²) in [5, 5.41) is 3.54. The molecule has 1 aromatic rings. The summed E-state index contributed by atoms with van der Waals surface area (Å²) in [4.78, 5) is 0. The third-order valence-electron chi connectivity index (χ3n) is 4.00. The van der Waals surface area contributed by atoms with Gasteiger partial charge in [-0.05, 0) is 37.3 Å². The van der Waals surface area contributed by atoms with E-state index in [2.05, 4.69) is 38.2 Å². The van der Waals surface area contributed by atoms with Crippen molar-refractivity contribution in [3.05, 3.63) is 23.7 Å². The molecule has 1 aliphatic rings. The van der Waals surface area contributed by atoms with Crippen molar-refractivity contribution in [3.63, 3.8) is 0 Å². The maximum absolute atomic E-state index is 5.91. The summed E-state index contributed by atoms with van der Waals surface area (Å²) in [6, 6.07) is 4.62. The molecule has 3 heteroatoms. The Kier molecular flexibility index (Phi) is 5.06. The minimum Gasteiger partial charge on any atom is -0.464 e. The molecular formula is C16H27NO2. The Morgan fingerprint density at radius 3 is 2.74 bits per heavy atom. The van der Waals surface area contributed by atoms with Crippen molar-refractivity contribution >= 4 is 0 Å². The SMILES string of the molecule is CCOCC(NCc1ccc(C2CC2C)o1)C(C)C. The topological polar surface area (TPSA) is 34.4 Å². The van der Waals surface area contributed by atoms with E-state index < -0.39 is 0 Å². The van der Waals surface area contributed by atoms with Crippen molar-refractivity contribution in [2.24, 2.45) is 11.8 Å². The zero-order valence-corrected chi connectivity index (χ0v) is 12.6. The molecule has 1 heterocycles. The second-order valence-electron chi connectivity index (χ2n) is 6.01. The first kappa shape index (κ1) is 14.6. The Balaban J connectivity index is 1.81. The normalized spacial score (nSPS) is 23.8. The van der Waals surface area contributed by atoms with Gasteiger partial charge in [-0.1, -0.05) is 20.8 Å². The Bertz CT molecular complexity index is 386. The van der Waals surface area contributed by atoms with Gasteiger partial charge in [-0.15, -0.1) is 0 Å². The van der Waals surface area contributed by atoms with Crippen LogP contribution in [0.4, 0.5) is 0 Å². The molecule has 108 valence electrons. The van der Waals surface area contributed by atoms with Crippen LogP contribution in [0.2, 0.25) is 0 Å². The Hall–Kier alpha value is -0.800. The molecule has 3 nitrogen and oxygen atoms in total. The van der Waals surface area contributed by atoms with E-state index in [1.807, 2.05) is 6.92 Å². The lowest BCUT2D eigenvalue weighted by Crippen LogP contribution is -2.37. The highest BCUT2D eigenvalue weighted by Gasteiger charge is 2.36. The fourth-order valence-electron chi connectivity index (χ4n) is 2.37. The van der Waals surface area contributed by atoms with Gasteiger partial charge < -0.3 is 14.5 Å². The van der Waals surface area contributed by atoms with E-state index in [0.29, 0.717) is 17.9 Å². The average molecular weight is 265 g/mol. The van der Waals surface area contributed by atoms with Crippen LogP contribution in [0, 0.1) is 11.8 Å². The summed E-state index contributed by atoms with van der Waals surface area (Å²) in [6.07, 6.45) is 1.28. The highest BCUT2D eigenvalue weighted by atomic mass is 16.5. The number of hydrogen-bond donors (Lipinski definition) is 1. The van der Waals surface area contributed by atoms with Crippen molar-refractivity contribution in [3.8, 4) is 0 Å². The minimum atomic E-state index is 0.383. The van der Waals surface area contributed by atoms with Gasteiger partial charge in [0.25, 0.3) is 0 Å². The van der Waals surface area contributed by atoms with Gasteiger partial charge in [0.2, 0.25) is 0 Å². The van der Waals surface area contributed by atoms with E-state index in [0.717, 1.165) is 37.2 Å². The van der Waals surface area contributed by atoms with Crippen LogP contribution in [-0.4, -0.2) is 19.3 Å². The Labute approximate surface area is 116 Å².